The third-order valence-corrected chi connectivity index (χ3v) is 4.39. The van der Waals surface area contributed by atoms with Gasteiger partial charge in [0.1, 0.15) is 6.04 Å². The smallest absolute Gasteiger partial charge is 0.105 e. The minimum absolute atomic E-state index is 0.0635. The summed E-state index contributed by atoms with van der Waals surface area (Å²) in [6.07, 6.45) is 6.14. The van der Waals surface area contributed by atoms with Gasteiger partial charge in [-0.2, -0.15) is 0 Å². The Hall–Kier alpha value is 0.210. The summed E-state index contributed by atoms with van der Waals surface area (Å²) in [6, 6.07) is 0.609. The van der Waals surface area contributed by atoms with Gasteiger partial charge in [0.15, 0.2) is 0 Å². The van der Waals surface area contributed by atoms with Crippen LogP contribution in [0.2, 0.25) is 0 Å². The molecular weight excluding hydrogens is 220 g/mol. The van der Waals surface area contributed by atoms with Crippen molar-refractivity contribution in [1.29, 1.82) is 0 Å². The number of nitrogens with two attached hydrogens (primary N) is 1. The molecule has 0 saturated heterocycles. The first-order chi connectivity index (χ1) is 7.22. The average Bonchev–Trinajstić information content (AvgIpc) is 2.14. The number of nitrogens with zero attached hydrogens (tertiary/aromatic N) is 1. The lowest BCUT2D eigenvalue weighted by Gasteiger charge is -2.43. The Balaban J connectivity index is 2.54. The van der Waals surface area contributed by atoms with Crippen LogP contribution < -0.4 is 5.73 Å². The van der Waals surface area contributed by atoms with Crippen molar-refractivity contribution in [3.8, 4) is 0 Å². The van der Waals surface area contributed by atoms with Gasteiger partial charge in [0.05, 0.1) is 26.0 Å². The number of rotatable bonds is 4. The lowest BCUT2D eigenvalue weighted by Crippen LogP contribution is -2.56. The van der Waals surface area contributed by atoms with Crippen LogP contribution in [0.25, 0.3) is 0 Å². The van der Waals surface area contributed by atoms with Crippen LogP contribution >= 0.6 is 11.6 Å². The predicted octanol–water partition coefficient (Wildman–Crippen LogP) is 2.74. The third kappa shape index (κ3) is 4.23. The van der Waals surface area contributed by atoms with Crippen molar-refractivity contribution < 1.29 is 4.48 Å². The summed E-state index contributed by atoms with van der Waals surface area (Å²) in [5, 5.41) is 0.352. The minimum Gasteiger partial charge on any atom is -0.325 e. The second kappa shape index (κ2) is 5.24. The van der Waals surface area contributed by atoms with Crippen LogP contribution in [0.1, 0.15) is 46.0 Å². The van der Waals surface area contributed by atoms with Gasteiger partial charge in [-0.3, -0.25) is 0 Å². The quantitative estimate of drug-likeness (QED) is 0.600. The summed E-state index contributed by atoms with van der Waals surface area (Å²) < 4.78 is 1.02. The van der Waals surface area contributed by atoms with Crippen molar-refractivity contribution in [2.45, 2.75) is 62.9 Å². The average molecular weight is 248 g/mol. The molecule has 1 fully saturated rings. The maximum atomic E-state index is 6.47. The van der Waals surface area contributed by atoms with Crippen LogP contribution in [0.15, 0.2) is 0 Å². The highest BCUT2D eigenvalue weighted by Crippen LogP contribution is 2.30. The molecule has 2 N–H and O–H groups in total. The second-order valence-electron chi connectivity index (χ2n) is 6.61. The summed E-state index contributed by atoms with van der Waals surface area (Å²) in [4.78, 5) is 0. The molecule has 3 heteroatoms. The molecule has 2 nitrogen and oxygen atoms in total. The molecule has 0 spiro atoms. The predicted molar refractivity (Wildman–Crippen MR) is 71.8 cm³/mol. The Morgan fingerprint density at radius 1 is 1.25 bits per heavy atom. The molecule has 2 atom stereocenters. The van der Waals surface area contributed by atoms with Crippen molar-refractivity contribution >= 4 is 11.6 Å². The van der Waals surface area contributed by atoms with E-state index in [2.05, 4.69) is 27.9 Å². The fourth-order valence-electron chi connectivity index (χ4n) is 2.60. The Bertz CT molecular complexity index is 220. The van der Waals surface area contributed by atoms with Gasteiger partial charge in [-0.15, -0.1) is 11.6 Å². The fourth-order valence-corrected chi connectivity index (χ4v) is 3.18. The number of halogens is 1. The van der Waals surface area contributed by atoms with Gasteiger partial charge in [-0.05, 0) is 26.7 Å². The fraction of sp³-hybridized carbons (Fsp3) is 1.00. The molecule has 0 amide bonds. The number of hydrogen-bond donors (Lipinski definition) is 1. The zero-order valence-electron chi connectivity index (χ0n) is 11.3. The molecule has 0 aromatic heterocycles. The Morgan fingerprint density at radius 2 is 1.81 bits per heavy atom. The number of quaternary nitrogens is 1. The van der Waals surface area contributed by atoms with Crippen LogP contribution in [0.4, 0.5) is 0 Å². The van der Waals surface area contributed by atoms with Gasteiger partial charge in [0.25, 0.3) is 0 Å². The molecule has 0 heterocycles. The van der Waals surface area contributed by atoms with E-state index in [1.807, 2.05) is 0 Å². The van der Waals surface area contributed by atoms with Crippen LogP contribution in [0.5, 0.6) is 0 Å². The van der Waals surface area contributed by atoms with Crippen molar-refractivity contribution in [3.63, 3.8) is 0 Å². The van der Waals surface area contributed by atoms with Crippen LogP contribution in [0, 0.1) is 0 Å². The minimum atomic E-state index is -0.0635. The van der Waals surface area contributed by atoms with E-state index in [1.165, 1.54) is 25.7 Å². The normalized spacial score (nSPS) is 28.1. The molecule has 0 aromatic carbocycles. The lowest BCUT2D eigenvalue weighted by molar-refractivity contribution is -0.916. The van der Waals surface area contributed by atoms with E-state index in [9.17, 15) is 0 Å². The molecule has 0 aromatic rings. The summed E-state index contributed by atoms with van der Waals surface area (Å²) in [7, 11) is 4.61. The summed E-state index contributed by atoms with van der Waals surface area (Å²) in [6.45, 7) is 5.33. The molecule has 96 valence electrons. The van der Waals surface area contributed by atoms with Gasteiger partial charge in [0.2, 0.25) is 0 Å². The molecule has 1 aliphatic rings. The first-order valence-corrected chi connectivity index (χ1v) is 6.92. The van der Waals surface area contributed by atoms with E-state index in [-0.39, 0.29) is 5.54 Å². The van der Waals surface area contributed by atoms with Gasteiger partial charge in [-0.1, -0.05) is 6.42 Å². The monoisotopic (exact) mass is 247 g/mol. The van der Waals surface area contributed by atoms with E-state index in [1.54, 1.807) is 0 Å². The van der Waals surface area contributed by atoms with Crippen LogP contribution in [-0.2, 0) is 0 Å². The third-order valence-electron chi connectivity index (χ3n) is 3.88. The van der Waals surface area contributed by atoms with E-state index in [0.29, 0.717) is 11.4 Å². The molecule has 1 rings (SSSR count). The Labute approximate surface area is 106 Å². The van der Waals surface area contributed by atoms with Crippen molar-refractivity contribution in [2.24, 2.45) is 5.73 Å². The molecule has 0 aliphatic heterocycles. The van der Waals surface area contributed by atoms with Gasteiger partial charge < -0.3 is 10.2 Å². The maximum absolute atomic E-state index is 6.47. The first-order valence-electron chi connectivity index (χ1n) is 6.48. The molecule has 16 heavy (non-hydrogen) atoms. The van der Waals surface area contributed by atoms with E-state index >= 15 is 0 Å². The Morgan fingerprint density at radius 3 is 2.31 bits per heavy atom. The summed E-state index contributed by atoms with van der Waals surface area (Å²) in [5.41, 5.74) is 6.00. The summed E-state index contributed by atoms with van der Waals surface area (Å²) in [5.74, 6) is 0. The maximum Gasteiger partial charge on any atom is 0.105 e. The van der Waals surface area contributed by atoms with Gasteiger partial charge in [0, 0.05) is 18.4 Å². The van der Waals surface area contributed by atoms with Crippen molar-refractivity contribution in [1.82, 2.24) is 0 Å². The Kier molecular flexibility index (Phi) is 4.67. The molecule has 1 saturated carbocycles. The lowest BCUT2D eigenvalue weighted by atomic mass is 9.91. The summed E-state index contributed by atoms with van der Waals surface area (Å²) >= 11 is 6.47. The van der Waals surface area contributed by atoms with E-state index in [4.69, 9.17) is 17.3 Å². The van der Waals surface area contributed by atoms with Gasteiger partial charge in [-0.25, -0.2) is 0 Å². The molecular formula is C13H28ClN2+. The van der Waals surface area contributed by atoms with Gasteiger partial charge >= 0.3 is 0 Å². The highest BCUT2D eigenvalue weighted by molar-refractivity contribution is 6.21. The highest BCUT2D eigenvalue weighted by atomic mass is 35.5. The molecule has 2 unspecified atom stereocenters. The largest absolute Gasteiger partial charge is 0.325 e. The highest BCUT2D eigenvalue weighted by Gasteiger charge is 2.36. The van der Waals surface area contributed by atoms with E-state index < -0.39 is 0 Å². The standard InChI is InChI=1S/C13H28ClN2/c1-13(2,15)9-10-16(3,4)12-8-6-5-7-11(12)14/h11-12H,5-10,15H2,1-4H3/q+1. The zero-order chi connectivity index (χ0) is 12.4. The number of alkyl halides is 1. The topological polar surface area (TPSA) is 26.0 Å². The molecule has 1 aliphatic carbocycles. The van der Waals surface area contributed by atoms with Crippen molar-refractivity contribution in [2.75, 3.05) is 20.6 Å². The van der Waals surface area contributed by atoms with Crippen molar-refractivity contribution in [3.05, 3.63) is 0 Å². The second-order valence-corrected chi connectivity index (χ2v) is 7.17. The number of hydrogen-bond acceptors (Lipinski definition) is 1. The van der Waals surface area contributed by atoms with E-state index in [0.717, 1.165) is 17.4 Å². The molecule has 0 radical (unpaired) electrons. The van der Waals surface area contributed by atoms with Crippen LogP contribution in [0.3, 0.4) is 0 Å². The van der Waals surface area contributed by atoms with Crippen LogP contribution in [-0.4, -0.2) is 42.1 Å². The molecule has 0 bridgehead atoms. The first kappa shape index (κ1) is 14.3. The SMILES string of the molecule is CC(C)(N)CC[N+](C)(C)C1CCCCC1Cl. The zero-order valence-corrected chi connectivity index (χ0v) is 12.1.